The van der Waals surface area contributed by atoms with E-state index >= 15 is 0 Å². The molecule has 1 fully saturated rings. The quantitative estimate of drug-likeness (QED) is 0.834. The highest BCUT2D eigenvalue weighted by Crippen LogP contribution is 2.19. The van der Waals surface area contributed by atoms with Crippen molar-refractivity contribution in [2.75, 3.05) is 27.2 Å². The second-order valence-corrected chi connectivity index (χ2v) is 7.50. The van der Waals surface area contributed by atoms with Crippen LogP contribution in [0.2, 0.25) is 0 Å². The molecule has 1 N–H and O–H groups in total. The fraction of sp³-hybridized carbons (Fsp3) is 0.650. The molecule has 0 aromatic heterocycles. The number of hydrogen-bond donors (Lipinski definition) is 1. The number of amides is 1. The number of nitrogens with zero attached hydrogens (tertiary/aromatic N) is 2. The van der Waals surface area contributed by atoms with Gasteiger partial charge in [-0.3, -0.25) is 14.6 Å². The Morgan fingerprint density at radius 2 is 1.96 bits per heavy atom. The van der Waals surface area contributed by atoms with Crippen LogP contribution in [0.4, 0.5) is 0 Å². The first-order valence-corrected chi connectivity index (χ1v) is 9.21. The molecule has 0 saturated carbocycles. The predicted molar refractivity (Wildman–Crippen MR) is 99.8 cm³/mol. The van der Waals surface area contributed by atoms with E-state index in [1.54, 1.807) is 0 Å². The molecule has 0 unspecified atom stereocenters. The number of piperidine rings is 1. The molecule has 1 aliphatic heterocycles. The smallest absolute Gasteiger partial charge is 0.237 e. The summed E-state index contributed by atoms with van der Waals surface area (Å²) >= 11 is 0. The molecule has 1 aliphatic rings. The Hall–Kier alpha value is -1.39. The summed E-state index contributed by atoms with van der Waals surface area (Å²) in [7, 11) is 3.96. The maximum atomic E-state index is 12.6. The summed E-state index contributed by atoms with van der Waals surface area (Å²) in [6.45, 7) is 7.06. The molecule has 0 spiro atoms. The van der Waals surface area contributed by atoms with E-state index in [4.69, 9.17) is 0 Å². The summed E-state index contributed by atoms with van der Waals surface area (Å²) in [5.74, 6) is 0.465. The summed E-state index contributed by atoms with van der Waals surface area (Å²) in [4.78, 5) is 17.1. The van der Waals surface area contributed by atoms with Crippen molar-refractivity contribution in [3.8, 4) is 0 Å². The SMILES string of the molecule is CC(C)[C@@H](C(=O)NC[C@H]1CCCCN1Cc1ccccc1)N(C)C. The first-order chi connectivity index (χ1) is 11.5. The summed E-state index contributed by atoms with van der Waals surface area (Å²) < 4.78 is 0. The van der Waals surface area contributed by atoms with E-state index in [0.717, 1.165) is 19.6 Å². The maximum absolute atomic E-state index is 12.6. The van der Waals surface area contributed by atoms with Gasteiger partial charge in [0.1, 0.15) is 0 Å². The minimum atomic E-state index is -0.0591. The third-order valence-electron chi connectivity index (χ3n) is 4.95. The lowest BCUT2D eigenvalue weighted by Crippen LogP contribution is -2.51. The molecule has 2 atom stereocenters. The summed E-state index contributed by atoms with van der Waals surface area (Å²) in [6, 6.07) is 11.0. The number of benzene rings is 1. The predicted octanol–water partition coefficient (Wildman–Crippen LogP) is 2.74. The molecule has 1 heterocycles. The summed E-state index contributed by atoms with van der Waals surface area (Å²) in [5.41, 5.74) is 1.35. The van der Waals surface area contributed by atoms with Crippen LogP contribution in [0, 0.1) is 5.92 Å². The lowest BCUT2D eigenvalue weighted by atomic mass is 9.99. The highest BCUT2D eigenvalue weighted by Gasteiger charge is 2.27. The minimum Gasteiger partial charge on any atom is -0.353 e. The largest absolute Gasteiger partial charge is 0.353 e. The highest BCUT2D eigenvalue weighted by molar-refractivity contribution is 5.82. The van der Waals surface area contributed by atoms with E-state index in [0.29, 0.717) is 12.0 Å². The molecule has 1 amide bonds. The van der Waals surface area contributed by atoms with Gasteiger partial charge < -0.3 is 5.32 Å². The Morgan fingerprint density at radius 1 is 1.25 bits per heavy atom. The average Bonchev–Trinajstić information content (AvgIpc) is 2.54. The lowest BCUT2D eigenvalue weighted by Gasteiger charge is -2.36. The maximum Gasteiger partial charge on any atom is 0.237 e. The molecule has 1 aromatic carbocycles. The van der Waals surface area contributed by atoms with Crippen LogP contribution in [0.25, 0.3) is 0 Å². The van der Waals surface area contributed by atoms with E-state index in [9.17, 15) is 4.79 Å². The first-order valence-electron chi connectivity index (χ1n) is 9.21. The van der Waals surface area contributed by atoms with Gasteiger partial charge in [0.15, 0.2) is 0 Å². The topological polar surface area (TPSA) is 35.6 Å². The third kappa shape index (κ3) is 5.32. The van der Waals surface area contributed by atoms with Crippen molar-refractivity contribution in [3.63, 3.8) is 0 Å². The monoisotopic (exact) mass is 331 g/mol. The molecule has 0 radical (unpaired) electrons. The van der Waals surface area contributed by atoms with Crippen LogP contribution in [0.15, 0.2) is 30.3 Å². The molecule has 1 saturated heterocycles. The number of carbonyl (C=O) groups is 1. The van der Waals surface area contributed by atoms with Crippen LogP contribution >= 0.6 is 0 Å². The second kappa shape index (κ2) is 9.19. The molecule has 4 nitrogen and oxygen atoms in total. The van der Waals surface area contributed by atoms with Gasteiger partial charge in [0.05, 0.1) is 6.04 Å². The van der Waals surface area contributed by atoms with Crippen molar-refractivity contribution in [1.29, 1.82) is 0 Å². The fourth-order valence-corrected chi connectivity index (χ4v) is 3.77. The molecule has 134 valence electrons. The van der Waals surface area contributed by atoms with Crippen molar-refractivity contribution >= 4 is 5.91 Å². The zero-order valence-electron chi connectivity index (χ0n) is 15.7. The van der Waals surface area contributed by atoms with Crippen molar-refractivity contribution in [2.24, 2.45) is 5.92 Å². The van der Waals surface area contributed by atoms with Crippen LogP contribution in [-0.4, -0.2) is 55.0 Å². The number of carbonyl (C=O) groups excluding carboxylic acids is 1. The number of likely N-dealkylation sites (tertiary alicyclic amines) is 1. The van der Waals surface area contributed by atoms with Crippen molar-refractivity contribution in [1.82, 2.24) is 15.1 Å². The molecule has 2 rings (SSSR count). The molecule has 0 aliphatic carbocycles. The molecular weight excluding hydrogens is 298 g/mol. The Morgan fingerprint density at radius 3 is 2.58 bits per heavy atom. The molecular formula is C20H33N3O. The standard InChI is InChI=1S/C20H33N3O/c1-16(2)19(22(3)4)20(24)21-14-18-12-8-9-13-23(18)15-17-10-6-5-7-11-17/h5-7,10-11,16,18-19H,8-9,12-15H2,1-4H3,(H,21,24)/t18-,19+/m1/s1. The Kier molecular flexibility index (Phi) is 7.25. The van der Waals surface area contributed by atoms with Gasteiger partial charge in [-0.05, 0) is 45.0 Å². The van der Waals surface area contributed by atoms with Gasteiger partial charge in [0.25, 0.3) is 0 Å². The number of nitrogens with one attached hydrogen (secondary N) is 1. The van der Waals surface area contributed by atoms with Gasteiger partial charge in [-0.2, -0.15) is 0 Å². The summed E-state index contributed by atoms with van der Waals surface area (Å²) in [6.07, 6.45) is 3.68. The fourth-order valence-electron chi connectivity index (χ4n) is 3.77. The Balaban J connectivity index is 1.92. The molecule has 4 heteroatoms. The van der Waals surface area contributed by atoms with Crippen LogP contribution in [0.3, 0.4) is 0 Å². The zero-order chi connectivity index (χ0) is 17.5. The number of rotatable bonds is 7. The van der Waals surface area contributed by atoms with Crippen LogP contribution in [0.5, 0.6) is 0 Å². The van der Waals surface area contributed by atoms with Gasteiger partial charge in [0.2, 0.25) is 5.91 Å². The van der Waals surface area contributed by atoms with Crippen LogP contribution < -0.4 is 5.32 Å². The normalized spacial score (nSPS) is 20.3. The van der Waals surface area contributed by atoms with Gasteiger partial charge >= 0.3 is 0 Å². The van der Waals surface area contributed by atoms with Gasteiger partial charge in [-0.1, -0.05) is 50.6 Å². The lowest BCUT2D eigenvalue weighted by molar-refractivity contribution is -0.127. The number of likely N-dealkylation sites (N-methyl/N-ethyl adjacent to an activating group) is 1. The minimum absolute atomic E-state index is 0.0591. The van der Waals surface area contributed by atoms with E-state index in [2.05, 4.69) is 54.4 Å². The average molecular weight is 332 g/mol. The second-order valence-electron chi connectivity index (χ2n) is 7.50. The van der Waals surface area contributed by atoms with E-state index in [1.165, 1.54) is 24.8 Å². The van der Waals surface area contributed by atoms with E-state index in [1.807, 2.05) is 19.0 Å². The van der Waals surface area contributed by atoms with Crippen LogP contribution in [0.1, 0.15) is 38.7 Å². The van der Waals surface area contributed by atoms with Crippen molar-refractivity contribution < 1.29 is 4.79 Å². The van der Waals surface area contributed by atoms with Gasteiger partial charge in [-0.25, -0.2) is 0 Å². The zero-order valence-corrected chi connectivity index (χ0v) is 15.7. The number of hydrogen-bond acceptors (Lipinski definition) is 3. The Labute approximate surface area is 147 Å². The van der Waals surface area contributed by atoms with E-state index in [-0.39, 0.29) is 11.9 Å². The van der Waals surface area contributed by atoms with Crippen LogP contribution in [-0.2, 0) is 11.3 Å². The molecule has 0 bridgehead atoms. The first kappa shape index (κ1) is 18.9. The highest BCUT2D eigenvalue weighted by atomic mass is 16.2. The van der Waals surface area contributed by atoms with Crippen molar-refractivity contribution in [3.05, 3.63) is 35.9 Å². The Bertz CT molecular complexity index is 493. The van der Waals surface area contributed by atoms with Gasteiger partial charge in [-0.15, -0.1) is 0 Å². The molecule has 1 aromatic rings. The van der Waals surface area contributed by atoms with Gasteiger partial charge in [0, 0.05) is 19.1 Å². The molecule has 24 heavy (non-hydrogen) atoms. The van der Waals surface area contributed by atoms with Crippen molar-refractivity contribution in [2.45, 2.75) is 51.7 Å². The third-order valence-corrected chi connectivity index (χ3v) is 4.95. The summed E-state index contributed by atoms with van der Waals surface area (Å²) in [5, 5.41) is 3.21. The van der Waals surface area contributed by atoms with E-state index < -0.39 is 0 Å².